The largest absolute Gasteiger partial charge is 0.383 e. The van der Waals surface area contributed by atoms with Gasteiger partial charge in [0.1, 0.15) is 5.82 Å². The van der Waals surface area contributed by atoms with E-state index >= 15 is 0 Å². The number of thiazole rings is 1. The predicted molar refractivity (Wildman–Crippen MR) is 85.0 cm³/mol. The van der Waals surface area contributed by atoms with Crippen molar-refractivity contribution in [2.45, 2.75) is 20.4 Å². The van der Waals surface area contributed by atoms with E-state index in [0.717, 1.165) is 10.6 Å². The third-order valence-corrected chi connectivity index (χ3v) is 4.69. The number of carbonyl (C=O) groups excluding carboxylic acids is 1. The molecule has 0 atom stereocenters. The fraction of sp³-hybridized carbons (Fsp3) is 0.333. The van der Waals surface area contributed by atoms with Crippen LogP contribution in [0.4, 0.5) is 4.39 Å². The minimum absolute atomic E-state index is 0.0576. The van der Waals surface area contributed by atoms with Crippen LogP contribution in [0.1, 0.15) is 20.9 Å². The molecule has 118 valence electrons. The van der Waals surface area contributed by atoms with E-state index < -0.39 is 11.7 Å². The Morgan fingerprint density at radius 2 is 2.18 bits per heavy atom. The van der Waals surface area contributed by atoms with Gasteiger partial charge >= 0.3 is 0 Å². The Labute approximate surface area is 136 Å². The first-order chi connectivity index (χ1) is 10.5. The van der Waals surface area contributed by atoms with Crippen molar-refractivity contribution < 1.29 is 13.9 Å². The van der Waals surface area contributed by atoms with Crippen molar-refractivity contribution in [1.82, 2.24) is 4.57 Å². The first kappa shape index (κ1) is 16.9. The third kappa shape index (κ3) is 3.45. The molecule has 0 unspecified atom stereocenters. The van der Waals surface area contributed by atoms with Crippen LogP contribution in [0.2, 0.25) is 5.02 Å². The summed E-state index contributed by atoms with van der Waals surface area (Å²) in [5.74, 6) is -1.36. The summed E-state index contributed by atoms with van der Waals surface area (Å²) >= 11 is 7.29. The van der Waals surface area contributed by atoms with Crippen molar-refractivity contribution in [2.24, 2.45) is 4.99 Å². The van der Waals surface area contributed by atoms with Gasteiger partial charge in [-0.1, -0.05) is 17.7 Å². The van der Waals surface area contributed by atoms with Crippen molar-refractivity contribution in [1.29, 1.82) is 0 Å². The maximum atomic E-state index is 13.8. The smallest absolute Gasteiger partial charge is 0.284 e. The lowest BCUT2D eigenvalue weighted by Crippen LogP contribution is -2.21. The number of benzene rings is 1. The molecule has 0 aliphatic carbocycles. The first-order valence-electron chi connectivity index (χ1n) is 6.64. The number of carbonyl (C=O) groups is 1. The molecule has 0 bridgehead atoms. The van der Waals surface area contributed by atoms with E-state index in [1.807, 2.05) is 18.4 Å². The van der Waals surface area contributed by atoms with Crippen molar-refractivity contribution in [3.05, 3.63) is 50.0 Å². The second-order valence-corrected chi connectivity index (χ2v) is 6.27. The summed E-state index contributed by atoms with van der Waals surface area (Å²) in [4.78, 5) is 17.9. The quantitative estimate of drug-likeness (QED) is 0.855. The summed E-state index contributed by atoms with van der Waals surface area (Å²) < 4.78 is 20.8. The summed E-state index contributed by atoms with van der Waals surface area (Å²) in [6.45, 7) is 4.96. The number of ether oxygens (including phenoxy) is 1. The van der Waals surface area contributed by atoms with Crippen LogP contribution in [-0.2, 0) is 11.3 Å². The minimum atomic E-state index is -0.685. The van der Waals surface area contributed by atoms with E-state index in [4.69, 9.17) is 16.3 Å². The predicted octanol–water partition coefficient (Wildman–Crippen LogP) is 3.35. The summed E-state index contributed by atoms with van der Waals surface area (Å²) in [6.07, 6.45) is 0. The van der Waals surface area contributed by atoms with E-state index in [1.54, 1.807) is 7.11 Å². The Morgan fingerprint density at radius 1 is 1.45 bits per heavy atom. The molecule has 7 heteroatoms. The number of hydrogen-bond donors (Lipinski definition) is 0. The van der Waals surface area contributed by atoms with E-state index in [0.29, 0.717) is 18.0 Å². The van der Waals surface area contributed by atoms with Gasteiger partial charge in [-0.15, -0.1) is 11.3 Å². The average molecular weight is 343 g/mol. The molecule has 2 aromatic rings. The molecular weight excluding hydrogens is 327 g/mol. The van der Waals surface area contributed by atoms with E-state index in [9.17, 15) is 9.18 Å². The molecule has 0 saturated carbocycles. The molecule has 1 heterocycles. The van der Waals surface area contributed by atoms with E-state index in [-0.39, 0.29) is 10.6 Å². The number of aromatic nitrogens is 1. The van der Waals surface area contributed by atoms with Gasteiger partial charge in [0.2, 0.25) is 0 Å². The maximum Gasteiger partial charge on any atom is 0.284 e. The van der Waals surface area contributed by atoms with Crippen LogP contribution in [0.15, 0.2) is 23.2 Å². The average Bonchev–Trinajstić information content (AvgIpc) is 2.71. The topological polar surface area (TPSA) is 43.6 Å². The van der Waals surface area contributed by atoms with Crippen molar-refractivity contribution in [3.8, 4) is 0 Å². The molecular formula is C15H16ClFN2O2S. The summed E-state index contributed by atoms with van der Waals surface area (Å²) in [6, 6.07) is 4.11. The molecule has 0 fully saturated rings. The SMILES string of the molecule is COCCn1c(C)c(C)sc1=NC(=O)c1c(F)cccc1Cl. The zero-order chi connectivity index (χ0) is 16.3. The fourth-order valence-corrected chi connectivity index (χ4v) is 3.22. The Morgan fingerprint density at radius 3 is 2.82 bits per heavy atom. The van der Waals surface area contributed by atoms with Gasteiger partial charge in [-0.2, -0.15) is 4.99 Å². The third-order valence-electron chi connectivity index (χ3n) is 3.28. The van der Waals surface area contributed by atoms with Crippen LogP contribution in [0.5, 0.6) is 0 Å². The van der Waals surface area contributed by atoms with Gasteiger partial charge in [-0.25, -0.2) is 4.39 Å². The molecule has 0 aliphatic rings. The molecule has 2 rings (SSSR count). The number of methoxy groups -OCH3 is 1. The molecule has 0 aliphatic heterocycles. The van der Waals surface area contributed by atoms with Gasteiger partial charge in [0.05, 0.1) is 17.2 Å². The number of halogens is 2. The zero-order valence-corrected chi connectivity index (χ0v) is 14.1. The second kappa shape index (κ2) is 7.17. The highest BCUT2D eigenvalue weighted by Crippen LogP contribution is 2.20. The summed E-state index contributed by atoms with van der Waals surface area (Å²) in [5.41, 5.74) is 0.805. The fourth-order valence-electron chi connectivity index (χ4n) is 1.97. The summed E-state index contributed by atoms with van der Waals surface area (Å²) in [5, 5.41) is 0.0576. The Kier molecular flexibility index (Phi) is 5.50. The Hall–Kier alpha value is -1.50. The van der Waals surface area contributed by atoms with Gasteiger partial charge in [-0.05, 0) is 26.0 Å². The Bertz CT molecular complexity index is 747. The van der Waals surface area contributed by atoms with Gasteiger partial charge in [-0.3, -0.25) is 4.79 Å². The van der Waals surface area contributed by atoms with Crippen LogP contribution >= 0.6 is 22.9 Å². The molecule has 0 N–H and O–H groups in total. The van der Waals surface area contributed by atoms with Crippen molar-refractivity contribution in [3.63, 3.8) is 0 Å². The number of nitrogens with zero attached hydrogens (tertiary/aromatic N) is 2. The van der Waals surface area contributed by atoms with E-state index in [1.165, 1.54) is 29.5 Å². The van der Waals surface area contributed by atoms with Crippen LogP contribution in [0.3, 0.4) is 0 Å². The molecule has 0 radical (unpaired) electrons. The highest BCUT2D eigenvalue weighted by Gasteiger charge is 2.16. The first-order valence-corrected chi connectivity index (χ1v) is 7.84. The minimum Gasteiger partial charge on any atom is -0.383 e. The highest BCUT2D eigenvalue weighted by molar-refractivity contribution is 7.09. The van der Waals surface area contributed by atoms with Crippen molar-refractivity contribution in [2.75, 3.05) is 13.7 Å². The standard InChI is InChI=1S/C15H16ClFN2O2S/c1-9-10(2)22-15(19(9)7-8-21-3)18-14(20)13-11(16)5-4-6-12(13)17/h4-6H,7-8H2,1-3H3. The monoisotopic (exact) mass is 342 g/mol. The number of rotatable bonds is 4. The number of hydrogen-bond acceptors (Lipinski definition) is 3. The molecule has 0 spiro atoms. The van der Waals surface area contributed by atoms with Crippen LogP contribution in [0, 0.1) is 19.7 Å². The van der Waals surface area contributed by atoms with Gasteiger partial charge < -0.3 is 9.30 Å². The number of aryl methyl sites for hydroxylation is 1. The lowest BCUT2D eigenvalue weighted by atomic mass is 10.2. The van der Waals surface area contributed by atoms with Gasteiger partial charge in [0.25, 0.3) is 5.91 Å². The van der Waals surface area contributed by atoms with Gasteiger partial charge in [0.15, 0.2) is 4.80 Å². The van der Waals surface area contributed by atoms with Crippen LogP contribution in [0.25, 0.3) is 0 Å². The highest BCUT2D eigenvalue weighted by atomic mass is 35.5. The molecule has 1 aromatic carbocycles. The lowest BCUT2D eigenvalue weighted by molar-refractivity contribution is 0.0993. The van der Waals surface area contributed by atoms with Crippen molar-refractivity contribution >= 4 is 28.8 Å². The molecule has 4 nitrogen and oxygen atoms in total. The normalized spacial score (nSPS) is 12.0. The molecule has 0 saturated heterocycles. The number of amides is 1. The molecule has 1 aromatic heterocycles. The van der Waals surface area contributed by atoms with Crippen LogP contribution in [-0.4, -0.2) is 24.2 Å². The molecule has 1 amide bonds. The maximum absolute atomic E-state index is 13.8. The Balaban J connectivity index is 2.49. The zero-order valence-electron chi connectivity index (χ0n) is 12.5. The second-order valence-electron chi connectivity index (χ2n) is 4.68. The molecule has 22 heavy (non-hydrogen) atoms. The lowest BCUT2D eigenvalue weighted by Gasteiger charge is -2.05. The van der Waals surface area contributed by atoms with E-state index in [2.05, 4.69) is 4.99 Å². The van der Waals surface area contributed by atoms with Gasteiger partial charge in [0, 0.05) is 24.2 Å². The summed E-state index contributed by atoms with van der Waals surface area (Å²) in [7, 11) is 1.61. The van der Waals surface area contributed by atoms with Crippen LogP contribution < -0.4 is 4.80 Å².